The highest BCUT2D eigenvalue weighted by atomic mass is 16.5. The van der Waals surface area contributed by atoms with Crippen LogP contribution in [0.3, 0.4) is 0 Å². The van der Waals surface area contributed by atoms with E-state index in [1.165, 1.54) is 19.3 Å². The Morgan fingerprint density at radius 3 is 2.59 bits per heavy atom. The maximum Gasteiger partial charge on any atom is 0.0587 e. The Labute approximate surface area is 106 Å². The van der Waals surface area contributed by atoms with Gasteiger partial charge in [-0.1, -0.05) is 13.8 Å². The summed E-state index contributed by atoms with van der Waals surface area (Å²) >= 11 is 0. The van der Waals surface area contributed by atoms with Gasteiger partial charge in [-0.2, -0.15) is 0 Å². The van der Waals surface area contributed by atoms with E-state index in [1.807, 2.05) is 0 Å². The minimum Gasteiger partial charge on any atom is -0.396 e. The molecule has 1 atom stereocenters. The zero-order chi connectivity index (χ0) is 12.6. The molecular weight excluding hydrogens is 214 g/mol. The van der Waals surface area contributed by atoms with E-state index < -0.39 is 0 Å². The summed E-state index contributed by atoms with van der Waals surface area (Å²) in [5, 5.41) is 12.9. The molecule has 0 aromatic rings. The molecule has 102 valence electrons. The number of rotatable bonds is 8. The Kier molecular flexibility index (Phi) is 7.09. The van der Waals surface area contributed by atoms with Crippen LogP contribution in [0.25, 0.3) is 0 Å². The molecule has 0 aromatic carbocycles. The maximum atomic E-state index is 9.46. The van der Waals surface area contributed by atoms with E-state index in [-0.39, 0.29) is 12.0 Å². The van der Waals surface area contributed by atoms with Crippen LogP contribution in [-0.4, -0.2) is 37.5 Å². The summed E-state index contributed by atoms with van der Waals surface area (Å²) in [6.45, 7) is 7.47. The zero-order valence-corrected chi connectivity index (χ0v) is 11.5. The minimum absolute atomic E-state index is 0.0768. The first kappa shape index (κ1) is 14.9. The van der Waals surface area contributed by atoms with Crippen molar-refractivity contribution in [2.75, 3.05) is 26.3 Å². The largest absolute Gasteiger partial charge is 0.396 e. The van der Waals surface area contributed by atoms with Crippen LogP contribution in [0.4, 0.5) is 0 Å². The second kappa shape index (κ2) is 8.06. The fraction of sp³-hybridized carbons (Fsp3) is 1.00. The van der Waals surface area contributed by atoms with E-state index >= 15 is 0 Å². The maximum absolute atomic E-state index is 9.46. The fourth-order valence-electron chi connectivity index (χ4n) is 2.43. The third-order valence-corrected chi connectivity index (χ3v) is 4.25. The highest BCUT2D eigenvalue weighted by molar-refractivity contribution is 4.78. The smallest absolute Gasteiger partial charge is 0.0587 e. The molecule has 1 heterocycles. The Morgan fingerprint density at radius 2 is 2.06 bits per heavy atom. The van der Waals surface area contributed by atoms with Crippen molar-refractivity contribution in [1.82, 2.24) is 5.32 Å². The van der Waals surface area contributed by atoms with Crippen molar-refractivity contribution in [3.63, 3.8) is 0 Å². The van der Waals surface area contributed by atoms with Gasteiger partial charge in [0.05, 0.1) is 6.10 Å². The summed E-state index contributed by atoms with van der Waals surface area (Å²) in [5.74, 6) is 0. The lowest BCUT2D eigenvalue weighted by Crippen LogP contribution is -2.38. The molecule has 1 aliphatic rings. The van der Waals surface area contributed by atoms with Gasteiger partial charge in [-0.05, 0) is 45.1 Å². The Morgan fingerprint density at radius 1 is 1.29 bits per heavy atom. The molecule has 0 spiro atoms. The monoisotopic (exact) mass is 243 g/mol. The van der Waals surface area contributed by atoms with Crippen molar-refractivity contribution >= 4 is 0 Å². The molecule has 1 fully saturated rings. The summed E-state index contributed by atoms with van der Waals surface area (Å²) in [6, 6.07) is 0. The lowest BCUT2D eigenvalue weighted by Gasteiger charge is -2.30. The molecule has 0 aromatic heterocycles. The van der Waals surface area contributed by atoms with Crippen LogP contribution in [0.1, 0.15) is 52.4 Å². The minimum atomic E-state index is 0.0768. The van der Waals surface area contributed by atoms with Crippen molar-refractivity contribution in [1.29, 1.82) is 0 Å². The molecule has 1 unspecified atom stereocenters. The summed E-state index contributed by atoms with van der Waals surface area (Å²) in [4.78, 5) is 0. The first-order chi connectivity index (χ1) is 8.26. The van der Waals surface area contributed by atoms with Gasteiger partial charge in [-0.3, -0.25) is 0 Å². The van der Waals surface area contributed by atoms with Crippen LogP contribution in [0.15, 0.2) is 0 Å². The van der Waals surface area contributed by atoms with Gasteiger partial charge in [0.25, 0.3) is 0 Å². The van der Waals surface area contributed by atoms with E-state index in [0.29, 0.717) is 6.10 Å². The van der Waals surface area contributed by atoms with Crippen LogP contribution in [0, 0.1) is 5.41 Å². The van der Waals surface area contributed by atoms with Gasteiger partial charge >= 0.3 is 0 Å². The second-order valence-corrected chi connectivity index (χ2v) is 5.32. The second-order valence-electron chi connectivity index (χ2n) is 5.32. The molecule has 0 amide bonds. The van der Waals surface area contributed by atoms with Crippen LogP contribution < -0.4 is 5.32 Å². The molecule has 0 bridgehead atoms. The Balaban J connectivity index is 2.13. The molecule has 1 saturated heterocycles. The quantitative estimate of drug-likeness (QED) is 0.643. The molecule has 3 nitrogen and oxygen atoms in total. The van der Waals surface area contributed by atoms with Crippen LogP contribution >= 0.6 is 0 Å². The summed E-state index contributed by atoms with van der Waals surface area (Å²) < 4.78 is 5.70. The van der Waals surface area contributed by atoms with Gasteiger partial charge in [0.1, 0.15) is 0 Å². The number of hydrogen-bond acceptors (Lipinski definition) is 3. The lowest BCUT2D eigenvalue weighted by atomic mass is 9.83. The van der Waals surface area contributed by atoms with Crippen LogP contribution in [0.2, 0.25) is 0 Å². The number of hydrogen-bond donors (Lipinski definition) is 2. The third-order valence-electron chi connectivity index (χ3n) is 4.25. The number of aliphatic hydroxyl groups is 1. The molecule has 17 heavy (non-hydrogen) atoms. The highest BCUT2D eigenvalue weighted by Crippen LogP contribution is 2.24. The van der Waals surface area contributed by atoms with E-state index in [4.69, 9.17) is 4.74 Å². The van der Waals surface area contributed by atoms with Crippen molar-refractivity contribution in [3.05, 3.63) is 0 Å². The van der Waals surface area contributed by atoms with Crippen molar-refractivity contribution in [2.45, 2.75) is 58.5 Å². The van der Waals surface area contributed by atoms with Gasteiger partial charge in [-0.25, -0.2) is 0 Å². The molecule has 0 saturated carbocycles. The predicted molar refractivity (Wildman–Crippen MR) is 71.2 cm³/mol. The van der Waals surface area contributed by atoms with Crippen LogP contribution in [-0.2, 0) is 4.74 Å². The lowest BCUT2D eigenvalue weighted by molar-refractivity contribution is 0.0107. The van der Waals surface area contributed by atoms with Gasteiger partial charge in [-0.15, -0.1) is 0 Å². The Hall–Kier alpha value is -0.120. The van der Waals surface area contributed by atoms with Crippen molar-refractivity contribution in [2.24, 2.45) is 5.41 Å². The first-order valence-corrected chi connectivity index (χ1v) is 7.19. The van der Waals surface area contributed by atoms with Crippen molar-refractivity contribution in [3.8, 4) is 0 Å². The number of ether oxygens (including phenoxy) is 1. The van der Waals surface area contributed by atoms with E-state index in [0.717, 1.165) is 39.0 Å². The van der Waals surface area contributed by atoms with Gasteiger partial charge < -0.3 is 15.2 Å². The number of nitrogens with one attached hydrogen (secondary N) is 1. The van der Waals surface area contributed by atoms with Gasteiger partial charge in [0.2, 0.25) is 0 Å². The highest BCUT2D eigenvalue weighted by Gasteiger charge is 2.24. The topological polar surface area (TPSA) is 41.5 Å². The van der Waals surface area contributed by atoms with E-state index in [9.17, 15) is 5.11 Å². The molecule has 1 aliphatic heterocycles. The molecule has 1 rings (SSSR count). The predicted octanol–water partition coefficient (Wildman–Crippen LogP) is 2.33. The SMILES string of the molecule is CCC(CC)(CO)CNCCC1CCCCO1. The first-order valence-electron chi connectivity index (χ1n) is 7.19. The van der Waals surface area contributed by atoms with E-state index in [2.05, 4.69) is 19.2 Å². The molecular formula is C14H29NO2. The van der Waals surface area contributed by atoms with Crippen LogP contribution in [0.5, 0.6) is 0 Å². The Bertz CT molecular complexity index is 178. The standard InChI is InChI=1S/C14H29NO2/c1-3-14(4-2,12-16)11-15-9-8-13-7-5-6-10-17-13/h13,15-16H,3-12H2,1-2H3. The third kappa shape index (κ3) is 4.94. The van der Waals surface area contributed by atoms with Crippen molar-refractivity contribution < 1.29 is 9.84 Å². The normalized spacial score (nSPS) is 21.7. The van der Waals surface area contributed by atoms with Gasteiger partial charge in [0.15, 0.2) is 0 Å². The molecule has 0 aliphatic carbocycles. The van der Waals surface area contributed by atoms with E-state index in [1.54, 1.807) is 0 Å². The zero-order valence-electron chi connectivity index (χ0n) is 11.5. The summed E-state index contributed by atoms with van der Waals surface area (Å²) in [5.41, 5.74) is 0.0768. The average Bonchev–Trinajstić information content (AvgIpc) is 2.41. The molecule has 3 heteroatoms. The number of aliphatic hydroxyl groups excluding tert-OH is 1. The molecule has 0 radical (unpaired) electrons. The average molecular weight is 243 g/mol. The summed E-state index contributed by atoms with van der Waals surface area (Å²) in [7, 11) is 0. The summed E-state index contributed by atoms with van der Waals surface area (Å²) in [6.07, 6.45) is 7.39. The molecule has 2 N–H and O–H groups in total. The fourth-order valence-corrected chi connectivity index (χ4v) is 2.43. The van der Waals surface area contributed by atoms with Gasteiger partial charge in [0, 0.05) is 25.2 Å².